The third kappa shape index (κ3) is 2.69. The van der Waals surface area contributed by atoms with E-state index in [2.05, 4.69) is 29.1 Å². The van der Waals surface area contributed by atoms with E-state index in [9.17, 15) is 4.79 Å². The molecule has 1 aliphatic heterocycles. The average Bonchev–Trinajstić information content (AvgIpc) is 2.35. The number of hydrogen-bond acceptors (Lipinski definition) is 3. The van der Waals surface area contributed by atoms with Gasteiger partial charge in [0.25, 0.3) is 0 Å². The van der Waals surface area contributed by atoms with Crippen LogP contribution in [0.3, 0.4) is 0 Å². The van der Waals surface area contributed by atoms with Crippen LogP contribution in [0.4, 0.5) is 0 Å². The highest BCUT2D eigenvalue weighted by molar-refractivity contribution is 5.83. The van der Waals surface area contributed by atoms with Crippen molar-refractivity contribution in [1.82, 2.24) is 15.1 Å². The number of nitrogens with one attached hydrogen (secondary N) is 1. The molecule has 104 valence electrons. The molecule has 4 heteroatoms. The third-order valence-corrected chi connectivity index (χ3v) is 4.46. The summed E-state index contributed by atoms with van der Waals surface area (Å²) in [6, 6.07) is 0.876. The Labute approximate surface area is 111 Å². The molecule has 0 bridgehead atoms. The minimum Gasteiger partial charge on any atom is -0.334 e. The molecule has 1 N–H and O–H groups in total. The molecule has 2 atom stereocenters. The molecule has 2 rings (SSSR count). The van der Waals surface area contributed by atoms with Crippen LogP contribution in [0.15, 0.2) is 0 Å². The average molecular weight is 253 g/mol. The molecule has 2 unspecified atom stereocenters. The van der Waals surface area contributed by atoms with Gasteiger partial charge in [0.15, 0.2) is 0 Å². The topological polar surface area (TPSA) is 35.6 Å². The highest BCUT2D eigenvalue weighted by Gasteiger charge is 2.39. The largest absolute Gasteiger partial charge is 0.334 e. The number of piperazine rings is 1. The maximum absolute atomic E-state index is 12.7. The molecular weight excluding hydrogens is 226 g/mol. The van der Waals surface area contributed by atoms with E-state index >= 15 is 0 Å². The van der Waals surface area contributed by atoms with Gasteiger partial charge in [-0.25, -0.2) is 0 Å². The Kier molecular flexibility index (Phi) is 4.62. The number of nitrogens with zero attached hydrogens (tertiary/aromatic N) is 2. The van der Waals surface area contributed by atoms with Crippen molar-refractivity contribution in [2.45, 2.75) is 57.2 Å². The SMILES string of the molecule is CNCC1C(=O)N(C2CCCCC2)C(C)CN1C. The summed E-state index contributed by atoms with van der Waals surface area (Å²) in [6.45, 7) is 3.94. The first-order valence-electron chi connectivity index (χ1n) is 7.32. The zero-order valence-corrected chi connectivity index (χ0v) is 12.0. The zero-order valence-electron chi connectivity index (χ0n) is 12.0. The van der Waals surface area contributed by atoms with Gasteiger partial charge in [-0.3, -0.25) is 9.69 Å². The van der Waals surface area contributed by atoms with E-state index in [-0.39, 0.29) is 6.04 Å². The lowest BCUT2D eigenvalue weighted by Crippen LogP contribution is -2.64. The number of carbonyl (C=O) groups excluding carboxylic acids is 1. The van der Waals surface area contributed by atoms with E-state index in [0.29, 0.717) is 18.0 Å². The fourth-order valence-corrected chi connectivity index (χ4v) is 3.55. The van der Waals surface area contributed by atoms with Gasteiger partial charge in [0.05, 0.1) is 0 Å². The highest BCUT2D eigenvalue weighted by atomic mass is 16.2. The predicted octanol–water partition coefficient (Wildman–Crippen LogP) is 1.07. The van der Waals surface area contributed by atoms with Crippen LogP contribution in [-0.2, 0) is 4.79 Å². The zero-order chi connectivity index (χ0) is 13.1. The highest BCUT2D eigenvalue weighted by Crippen LogP contribution is 2.27. The summed E-state index contributed by atoms with van der Waals surface area (Å²) >= 11 is 0. The van der Waals surface area contributed by atoms with Crippen molar-refractivity contribution in [2.75, 3.05) is 27.2 Å². The molecule has 2 fully saturated rings. The van der Waals surface area contributed by atoms with E-state index in [1.807, 2.05) is 7.05 Å². The molecule has 4 nitrogen and oxygen atoms in total. The molecule has 1 aliphatic carbocycles. The van der Waals surface area contributed by atoms with Gasteiger partial charge in [0, 0.05) is 25.2 Å². The molecule has 0 aromatic heterocycles. The first-order chi connectivity index (χ1) is 8.65. The molecule has 0 aromatic rings. The summed E-state index contributed by atoms with van der Waals surface area (Å²) in [6.07, 6.45) is 6.31. The first kappa shape index (κ1) is 13.8. The number of likely N-dealkylation sites (N-methyl/N-ethyl adjacent to an activating group) is 2. The van der Waals surface area contributed by atoms with Crippen LogP contribution in [0.5, 0.6) is 0 Å². The van der Waals surface area contributed by atoms with E-state index in [1.54, 1.807) is 0 Å². The van der Waals surface area contributed by atoms with Gasteiger partial charge in [-0.15, -0.1) is 0 Å². The maximum atomic E-state index is 12.7. The standard InChI is InChI=1S/C14H27N3O/c1-11-10-16(3)13(9-15-2)14(18)17(11)12-7-5-4-6-8-12/h11-13,15H,4-10H2,1-3H3. The van der Waals surface area contributed by atoms with Crippen LogP contribution in [0.25, 0.3) is 0 Å². The van der Waals surface area contributed by atoms with E-state index in [1.165, 1.54) is 32.1 Å². The second kappa shape index (κ2) is 6.02. The molecule has 18 heavy (non-hydrogen) atoms. The van der Waals surface area contributed by atoms with E-state index < -0.39 is 0 Å². The van der Waals surface area contributed by atoms with Gasteiger partial charge in [0.1, 0.15) is 6.04 Å². The first-order valence-corrected chi connectivity index (χ1v) is 7.32. The van der Waals surface area contributed by atoms with Crippen LogP contribution in [0, 0.1) is 0 Å². The summed E-state index contributed by atoms with van der Waals surface area (Å²) in [5, 5.41) is 3.15. The van der Waals surface area contributed by atoms with E-state index in [4.69, 9.17) is 0 Å². The Morgan fingerprint density at radius 2 is 1.94 bits per heavy atom. The van der Waals surface area contributed by atoms with Crippen LogP contribution in [0.2, 0.25) is 0 Å². The van der Waals surface area contributed by atoms with Crippen LogP contribution in [-0.4, -0.2) is 61.0 Å². The lowest BCUT2D eigenvalue weighted by atomic mass is 9.91. The quantitative estimate of drug-likeness (QED) is 0.817. The predicted molar refractivity (Wildman–Crippen MR) is 73.5 cm³/mol. The van der Waals surface area contributed by atoms with Crippen molar-refractivity contribution in [3.63, 3.8) is 0 Å². The fourth-order valence-electron chi connectivity index (χ4n) is 3.55. The molecule has 0 spiro atoms. The number of hydrogen-bond donors (Lipinski definition) is 1. The lowest BCUT2D eigenvalue weighted by molar-refractivity contribution is -0.148. The van der Waals surface area contributed by atoms with Crippen molar-refractivity contribution < 1.29 is 4.79 Å². The van der Waals surface area contributed by atoms with Crippen molar-refractivity contribution in [2.24, 2.45) is 0 Å². The maximum Gasteiger partial charge on any atom is 0.241 e. The van der Waals surface area contributed by atoms with Crippen LogP contribution in [0.1, 0.15) is 39.0 Å². The molecule has 1 amide bonds. The molecule has 1 heterocycles. The second-order valence-corrected chi connectivity index (χ2v) is 5.90. The summed E-state index contributed by atoms with van der Waals surface area (Å²) < 4.78 is 0. The summed E-state index contributed by atoms with van der Waals surface area (Å²) in [7, 11) is 3.98. The molecular formula is C14H27N3O. The molecule has 2 aliphatic rings. The smallest absolute Gasteiger partial charge is 0.241 e. The normalized spacial score (nSPS) is 31.9. The van der Waals surface area contributed by atoms with Gasteiger partial charge in [0.2, 0.25) is 5.91 Å². The second-order valence-electron chi connectivity index (χ2n) is 5.90. The Bertz CT molecular complexity index is 289. The van der Waals surface area contributed by atoms with Gasteiger partial charge < -0.3 is 10.2 Å². The van der Waals surface area contributed by atoms with Crippen molar-refractivity contribution in [1.29, 1.82) is 0 Å². The molecule has 1 saturated heterocycles. The minimum atomic E-state index is 0.0214. The number of carbonyl (C=O) groups is 1. The number of amides is 1. The van der Waals surface area contributed by atoms with Crippen molar-refractivity contribution >= 4 is 5.91 Å². The van der Waals surface area contributed by atoms with Crippen molar-refractivity contribution in [3.8, 4) is 0 Å². The Morgan fingerprint density at radius 1 is 1.28 bits per heavy atom. The number of rotatable bonds is 3. The summed E-state index contributed by atoms with van der Waals surface area (Å²) in [4.78, 5) is 17.1. The third-order valence-electron chi connectivity index (χ3n) is 4.46. The Hall–Kier alpha value is -0.610. The fraction of sp³-hybridized carbons (Fsp3) is 0.929. The lowest BCUT2D eigenvalue weighted by Gasteiger charge is -2.47. The molecule has 0 radical (unpaired) electrons. The van der Waals surface area contributed by atoms with Gasteiger partial charge in [-0.2, -0.15) is 0 Å². The monoisotopic (exact) mass is 253 g/mol. The minimum absolute atomic E-state index is 0.0214. The Balaban J connectivity index is 2.09. The molecule has 0 aromatic carbocycles. The van der Waals surface area contributed by atoms with Crippen LogP contribution < -0.4 is 5.32 Å². The van der Waals surface area contributed by atoms with Gasteiger partial charge in [-0.05, 0) is 33.9 Å². The summed E-state index contributed by atoms with van der Waals surface area (Å²) in [5.74, 6) is 0.331. The van der Waals surface area contributed by atoms with Crippen molar-refractivity contribution in [3.05, 3.63) is 0 Å². The Morgan fingerprint density at radius 3 is 2.56 bits per heavy atom. The van der Waals surface area contributed by atoms with Gasteiger partial charge in [-0.1, -0.05) is 19.3 Å². The summed E-state index contributed by atoms with van der Waals surface area (Å²) in [5.41, 5.74) is 0. The van der Waals surface area contributed by atoms with E-state index in [0.717, 1.165) is 13.1 Å². The van der Waals surface area contributed by atoms with Crippen LogP contribution >= 0.6 is 0 Å². The van der Waals surface area contributed by atoms with Gasteiger partial charge >= 0.3 is 0 Å². The molecule has 1 saturated carbocycles.